The molecule has 1 amide bonds. The van der Waals surface area contributed by atoms with E-state index in [0.29, 0.717) is 5.02 Å². The molecule has 2 aliphatic rings. The first-order valence-corrected chi connectivity index (χ1v) is 12.5. The van der Waals surface area contributed by atoms with Crippen LogP contribution in [0.3, 0.4) is 0 Å². The number of hydrogen-bond acceptors (Lipinski definition) is 4. The van der Waals surface area contributed by atoms with E-state index in [1.165, 1.54) is 15.3 Å². The number of hydrazone groups is 1. The summed E-state index contributed by atoms with van der Waals surface area (Å²) in [5.41, 5.74) is 3.27. The van der Waals surface area contributed by atoms with Gasteiger partial charge in [-0.15, -0.1) is 22.7 Å². The normalized spacial score (nSPS) is 22.2. The first kappa shape index (κ1) is 20.4. The van der Waals surface area contributed by atoms with E-state index in [1.54, 1.807) is 33.8 Å². The molecule has 3 heterocycles. The Bertz CT molecular complexity index is 1140. The molecule has 1 aliphatic carbocycles. The van der Waals surface area contributed by atoms with Crippen molar-refractivity contribution in [2.24, 2.45) is 11.0 Å². The minimum atomic E-state index is -0.0919. The van der Waals surface area contributed by atoms with Gasteiger partial charge in [0.25, 0.3) is 5.91 Å². The van der Waals surface area contributed by atoms with Crippen molar-refractivity contribution < 1.29 is 4.79 Å². The van der Waals surface area contributed by atoms with E-state index >= 15 is 0 Å². The van der Waals surface area contributed by atoms with Crippen LogP contribution in [0.5, 0.6) is 0 Å². The van der Waals surface area contributed by atoms with Crippen LogP contribution >= 0.6 is 34.3 Å². The van der Waals surface area contributed by atoms with Crippen LogP contribution in [0.1, 0.15) is 40.6 Å². The number of benzene rings is 1. The van der Waals surface area contributed by atoms with Gasteiger partial charge in [-0.2, -0.15) is 5.10 Å². The zero-order valence-electron chi connectivity index (χ0n) is 16.8. The number of carbonyl (C=O) groups excluding carboxylic acids is 1. The quantitative estimate of drug-likeness (QED) is 0.373. The third kappa shape index (κ3) is 4.31. The number of amides is 1. The van der Waals surface area contributed by atoms with Crippen molar-refractivity contribution in [1.29, 1.82) is 0 Å². The highest BCUT2D eigenvalue weighted by atomic mass is 35.5. The first-order valence-electron chi connectivity index (χ1n) is 10.3. The van der Waals surface area contributed by atoms with Crippen molar-refractivity contribution in [3.05, 3.63) is 91.3 Å². The highest BCUT2D eigenvalue weighted by molar-refractivity contribution is 7.11. The Morgan fingerprint density at radius 1 is 1.10 bits per heavy atom. The van der Waals surface area contributed by atoms with Crippen LogP contribution < -0.4 is 0 Å². The second-order valence-corrected chi connectivity index (χ2v) is 10.1. The fourth-order valence-corrected chi connectivity index (χ4v) is 5.97. The Morgan fingerprint density at radius 2 is 1.90 bits per heavy atom. The summed E-state index contributed by atoms with van der Waals surface area (Å²) in [7, 11) is 0. The van der Waals surface area contributed by atoms with Crippen LogP contribution in [0.15, 0.2) is 76.0 Å². The average molecular weight is 465 g/mol. The molecular formula is C25H21ClN2OS2. The number of hydrogen-bond donors (Lipinski definition) is 0. The first-order chi connectivity index (χ1) is 15.2. The van der Waals surface area contributed by atoms with Crippen molar-refractivity contribution >= 4 is 58.0 Å². The minimum Gasteiger partial charge on any atom is -0.268 e. The third-order valence-electron chi connectivity index (χ3n) is 5.71. The Balaban J connectivity index is 1.48. The number of allylic oxidation sites excluding steroid dienone is 1. The molecule has 0 bridgehead atoms. The van der Waals surface area contributed by atoms with Gasteiger partial charge in [0.15, 0.2) is 0 Å². The molecule has 0 spiro atoms. The summed E-state index contributed by atoms with van der Waals surface area (Å²) in [6, 6.07) is 15.8. The maximum Gasteiger partial charge on any atom is 0.267 e. The molecule has 1 saturated carbocycles. The molecular weight excluding hydrogens is 444 g/mol. The molecule has 0 saturated heterocycles. The van der Waals surface area contributed by atoms with Gasteiger partial charge in [-0.05, 0) is 77.6 Å². The highest BCUT2D eigenvalue weighted by Gasteiger charge is 2.43. The lowest BCUT2D eigenvalue weighted by Crippen LogP contribution is -2.30. The number of rotatable bonds is 4. The molecule has 1 aliphatic heterocycles. The van der Waals surface area contributed by atoms with E-state index in [1.807, 2.05) is 30.3 Å². The summed E-state index contributed by atoms with van der Waals surface area (Å²) in [5, 5.41) is 11.5. The molecule has 156 valence electrons. The van der Waals surface area contributed by atoms with Gasteiger partial charge in [0, 0.05) is 26.8 Å². The number of carbonyl (C=O) groups is 1. The predicted octanol–water partition coefficient (Wildman–Crippen LogP) is 7.30. The van der Waals surface area contributed by atoms with Gasteiger partial charge >= 0.3 is 0 Å². The maximum absolute atomic E-state index is 13.3. The molecule has 0 N–H and O–H groups in total. The molecule has 5 rings (SSSR count). The van der Waals surface area contributed by atoms with Crippen LogP contribution in [0.4, 0.5) is 0 Å². The molecule has 6 heteroatoms. The summed E-state index contributed by atoms with van der Waals surface area (Å²) in [6.45, 7) is 0. The molecule has 3 nitrogen and oxygen atoms in total. The van der Waals surface area contributed by atoms with Gasteiger partial charge < -0.3 is 0 Å². The molecule has 1 aromatic carbocycles. The Kier molecular flexibility index (Phi) is 5.90. The number of halogens is 1. The SMILES string of the molecule is O=C(/C=C/c1ccc(Cl)cc1)N1N=C2/C(=C/c3cccs3)CCCC2C1c1cccs1. The largest absolute Gasteiger partial charge is 0.268 e. The van der Waals surface area contributed by atoms with Crippen LogP contribution in [-0.2, 0) is 4.79 Å². The topological polar surface area (TPSA) is 32.7 Å². The lowest BCUT2D eigenvalue weighted by atomic mass is 9.79. The van der Waals surface area contributed by atoms with E-state index in [0.717, 1.165) is 30.5 Å². The van der Waals surface area contributed by atoms with E-state index in [4.69, 9.17) is 16.7 Å². The lowest BCUT2D eigenvalue weighted by molar-refractivity contribution is -0.128. The smallest absolute Gasteiger partial charge is 0.267 e. The van der Waals surface area contributed by atoms with Gasteiger partial charge in [-0.25, -0.2) is 5.01 Å². The van der Waals surface area contributed by atoms with E-state index < -0.39 is 0 Å². The molecule has 31 heavy (non-hydrogen) atoms. The van der Waals surface area contributed by atoms with Gasteiger partial charge in [0.2, 0.25) is 0 Å². The molecule has 3 aromatic rings. The second-order valence-electron chi connectivity index (χ2n) is 7.70. The van der Waals surface area contributed by atoms with Crippen molar-refractivity contribution in [3.63, 3.8) is 0 Å². The van der Waals surface area contributed by atoms with Crippen molar-refractivity contribution in [3.8, 4) is 0 Å². The van der Waals surface area contributed by atoms with Crippen molar-refractivity contribution in [2.75, 3.05) is 0 Å². The Hall–Kier alpha value is -2.47. The number of fused-ring (bicyclic) bond motifs is 1. The molecule has 2 aromatic heterocycles. The van der Waals surface area contributed by atoms with Gasteiger partial charge in [-0.1, -0.05) is 35.9 Å². The minimum absolute atomic E-state index is 0.0376. The zero-order chi connectivity index (χ0) is 21.2. The summed E-state index contributed by atoms with van der Waals surface area (Å²) < 4.78 is 0. The molecule has 1 fully saturated rings. The third-order valence-corrected chi connectivity index (χ3v) is 7.72. The summed E-state index contributed by atoms with van der Waals surface area (Å²) in [5.74, 6) is 0.150. The Labute approximate surface area is 195 Å². The highest BCUT2D eigenvalue weighted by Crippen LogP contribution is 2.45. The van der Waals surface area contributed by atoms with Gasteiger partial charge in [-0.3, -0.25) is 4.79 Å². The fourth-order valence-electron chi connectivity index (χ4n) is 4.28. The van der Waals surface area contributed by atoms with Crippen molar-refractivity contribution in [1.82, 2.24) is 5.01 Å². The number of nitrogens with zero attached hydrogens (tertiary/aromatic N) is 2. The number of thiophene rings is 2. The van der Waals surface area contributed by atoms with Crippen LogP contribution in [0.25, 0.3) is 12.2 Å². The standard InChI is InChI=1S/C25H21ClN2OS2/c26-19-11-8-17(9-12-19)10-13-23(29)28-25(22-7-3-15-31-22)21-6-1-4-18(24(21)27-28)16-20-5-2-14-30-20/h2-3,5,7-16,21,25H,1,4,6H2/b13-10+,18-16+. The molecule has 0 radical (unpaired) electrons. The van der Waals surface area contributed by atoms with E-state index in [2.05, 4.69) is 41.1 Å². The van der Waals surface area contributed by atoms with Crippen LogP contribution in [-0.4, -0.2) is 16.6 Å². The predicted molar refractivity (Wildman–Crippen MR) is 131 cm³/mol. The lowest BCUT2D eigenvalue weighted by Gasteiger charge is -2.28. The average Bonchev–Trinajstić information content (AvgIpc) is 3.54. The van der Waals surface area contributed by atoms with E-state index in [9.17, 15) is 4.79 Å². The zero-order valence-corrected chi connectivity index (χ0v) is 19.2. The van der Waals surface area contributed by atoms with Crippen molar-refractivity contribution in [2.45, 2.75) is 25.3 Å². The van der Waals surface area contributed by atoms with E-state index in [-0.39, 0.29) is 17.9 Å². The van der Waals surface area contributed by atoms with Crippen LogP contribution in [0, 0.1) is 5.92 Å². The fraction of sp³-hybridized carbons (Fsp3) is 0.200. The second kappa shape index (κ2) is 8.95. The summed E-state index contributed by atoms with van der Waals surface area (Å²) in [6.07, 6.45) is 8.87. The summed E-state index contributed by atoms with van der Waals surface area (Å²) in [4.78, 5) is 15.7. The maximum atomic E-state index is 13.3. The van der Waals surface area contributed by atoms with Gasteiger partial charge in [0.05, 0.1) is 11.8 Å². The molecule has 2 atom stereocenters. The van der Waals surface area contributed by atoms with Gasteiger partial charge in [0.1, 0.15) is 0 Å². The Morgan fingerprint density at radius 3 is 2.65 bits per heavy atom. The molecule has 2 unspecified atom stereocenters. The summed E-state index contributed by atoms with van der Waals surface area (Å²) >= 11 is 9.40. The monoisotopic (exact) mass is 464 g/mol. The van der Waals surface area contributed by atoms with Crippen LogP contribution in [0.2, 0.25) is 5.02 Å².